The Morgan fingerprint density at radius 1 is 1.54 bits per heavy atom. The Bertz CT molecular complexity index is 158. The van der Waals surface area contributed by atoms with E-state index in [1.807, 2.05) is 6.92 Å². The maximum Gasteiger partial charge on any atom is 0.261 e. The molecule has 0 radical (unpaired) electrons. The Morgan fingerprint density at radius 2 is 2.31 bits per heavy atom. The summed E-state index contributed by atoms with van der Waals surface area (Å²) in [5.41, 5.74) is 5.27. The van der Waals surface area contributed by atoms with E-state index in [1.54, 1.807) is 0 Å². The molecule has 0 aliphatic rings. The first-order valence-corrected chi connectivity index (χ1v) is 4.49. The first-order valence-electron chi connectivity index (χ1n) is 4.49. The second-order valence-electron chi connectivity index (χ2n) is 2.47. The van der Waals surface area contributed by atoms with Crippen LogP contribution in [0.25, 0.3) is 0 Å². The molecule has 0 saturated carbocycles. The van der Waals surface area contributed by atoms with E-state index >= 15 is 0 Å². The molecule has 13 heavy (non-hydrogen) atoms. The Morgan fingerprint density at radius 3 is 2.92 bits per heavy atom. The smallest absolute Gasteiger partial charge is 0.261 e. The van der Waals surface area contributed by atoms with Gasteiger partial charge in [-0.3, -0.25) is 9.79 Å². The zero-order chi connectivity index (χ0) is 9.94. The van der Waals surface area contributed by atoms with Crippen molar-refractivity contribution in [2.24, 2.45) is 10.7 Å². The van der Waals surface area contributed by atoms with Crippen LogP contribution in [-0.4, -0.2) is 44.8 Å². The number of aliphatic imine (C=N–C) groups is 1. The molecule has 0 fully saturated rings. The molecule has 0 saturated heterocycles. The van der Waals surface area contributed by atoms with Gasteiger partial charge in [0.25, 0.3) is 5.91 Å². The lowest BCUT2D eigenvalue weighted by Crippen LogP contribution is -2.26. The first-order chi connectivity index (χ1) is 6.31. The number of amides is 1. The highest BCUT2D eigenvalue weighted by molar-refractivity contribution is 6.26. The van der Waals surface area contributed by atoms with Gasteiger partial charge in [0.1, 0.15) is 0 Å². The normalized spacial score (nSPS) is 10.6. The van der Waals surface area contributed by atoms with Gasteiger partial charge in [-0.25, -0.2) is 0 Å². The van der Waals surface area contributed by atoms with Gasteiger partial charge in [-0.05, 0) is 6.92 Å². The van der Waals surface area contributed by atoms with Crippen molar-refractivity contribution in [1.82, 2.24) is 10.6 Å². The van der Waals surface area contributed by atoms with E-state index in [4.69, 9.17) is 5.73 Å². The first kappa shape index (κ1) is 12.1. The highest BCUT2D eigenvalue weighted by Gasteiger charge is 1.90. The third kappa shape index (κ3) is 8.97. The number of nitrogens with two attached hydrogens (primary N) is 1. The summed E-state index contributed by atoms with van der Waals surface area (Å²) in [6.07, 6.45) is 1.31. The average molecular weight is 186 g/mol. The molecular formula is C8H18N4O. The second-order valence-corrected chi connectivity index (χ2v) is 2.47. The number of nitrogens with one attached hydrogen (secondary N) is 2. The molecule has 0 aromatic carbocycles. The quantitative estimate of drug-likeness (QED) is 0.343. The zero-order valence-electron chi connectivity index (χ0n) is 8.05. The second kappa shape index (κ2) is 9.15. The lowest BCUT2D eigenvalue weighted by molar-refractivity contribution is -0.114. The molecule has 1 amide bonds. The van der Waals surface area contributed by atoms with Crippen LogP contribution in [0, 0.1) is 0 Å². The molecule has 0 unspecified atom stereocenters. The summed E-state index contributed by atoms with van der Waals surface area (Å²) in [5.74, 6) is -0.138. The Kier molecular flexibility index (Phi) is 8.49. The molecule has 0 spiro atoms. The van der Waals surface area contributed by atoms with Gasteiger partial charge in [0.15, 0.2) is 0 Å². The van der Waals surface area contributed by atoms with Crippen LogP contribution < -0.4 is 16.4 Å². The minimum absolute atomic E-state index is 0.138. The fourth-order valence-corrected chi connectivity index (χ4v) is 0.738. The predicted molar refractivity (Wildman–Crippen MR) is 54.0 cm³/mol. The molecule has 0 atom stereocenters. The summed E-state index contributed by atoms with van der Waals surface area (Å²) >= 11 is 0. The zero-order valence-corrected chi connectivity index (χ0v) is 8.05. The molecule has 5 nitrogen and oxygen atoms in total. The summed E-state index contributed by atoms with van der Waals surface area (Å²) < 4.78 is 0. The number of hydrogen-bond acceptors (Lipinski definition) is 4. The van der Waals surface area contributed by atoms with Gasteiger partial charge in [-0.15, -0.1) is 0 Å². The van der Waals surface area contributed by atoms with Crippen LogP contribution in [0.4, 0.5) is 0 Å². The van der Waals surface area contributed by atoms with Gasteiger partial charge in [0.05, 0.1) is 12.8 Å². The predicted octanol–water partition coefficient (Wildman–Crippen LogP) is -1.26. The lowest BCUT2D eigenvalue weighted by Gasteiger charge is -1.98. The third-order valence-electron chi connectivity index (χ3n) is 1.30. The van der Waals surface area contributed by atoms with Crippen LogP contribution in [0.2, 0.25) is 0 Å². The summed E-state index contributed by atoms with van der Waals surface area (Å²) in [6.45, 7) is 5.28. The number of hydrogen-bond donors (Lipinski definition) is 3. The molecule has 0 aromatic heterocycles. The van der Waals surface area contributed by atoms with E-state index in [9.17, 15) is 4.79 Å². The van der Waals surface area contributed by atoms with Crippen molar-refractivity contribution in [2.45, 2.75) is 6.92 Å². The van der Waals surface area contributed by atoms with E-state index < -0.39 is 0 Å². The Balaban J connectivity index is 3.25. The van der Waals surface area contributed by atoms with E-state index in [0.717, 1.165) is 13.1 Å². The minimum atomic E-state index is -0.138. The molecule has 4 N–H and O–H groups in total. The molecule has 0 aliphatic heterocycles. The Labute approximate surface area is 78.8 Å². The van der Waals surface area contributed by atoms with Crippen molar-refractivity contribution >= 4 is 12.1 Å². The average Bonchev–Trinajstić information content (AvgIpc) is 2.11. The van der Waals surface area contributed by atoms with Gasteiger partial charge in [0.2, 0.25) is 0 Å². The van der Waals surface area contributed by atoms with Crippen molar-refractivity contribution in [3.05, 3.63) is 0 Å². The maximum atomic E-state index is 10.8. The van der Waals surface area contributed by atoms with E-state index in [-0.39, 0.29) is 5.91 Å². The molecule has 5 heteroatoms. The molecular weight excluding hydrogens is 168 g/mol. The fraction of sp³-hybridized carbons (Fsp3) is 0.750. The van der Waals surface area contributed by atoms with E-state index in [2.05, 4.69) is 15.6 Å². The van der Waals surface area contributed by atoms with Gasteiger partial charge in [-0.1, -0.05) is 0 Å². The lowest BCUT2D eigenvalue weighted by atomic mass is 10.5. The van der Waals surface area contributed by atoms with Crippen molar-refractivity contribution in [2.75, 3.05) is 32.7 Å². The van der Waals surface area contributed by atoms with E-state index in [1.165, 1.54) is 6.21 Å². The van der Waals surface area contributed by atoms with Gasteiger partial charge >= 0.3 is 0 Å². The SMILES string of the molecule is CCNC(=O)C=NCCNCCN. The van der Waals surface area contributed by atoms with E-state index in [0.29, 0.717) is 19.6 Å². The third-order valence-corrected chi connectivity index (χ3v) is 1.30. The highest BCUT2D eigenvalue weighted by Crippen LogP contribution is 1.67. The summed E-state index contributed by atoms with van der Waals surface area (Å²) in [6, 6.07) is 0. The molecule has 0 rings (SSSR count). The standard InChI is InChI=1S/C8H18N4O/c1-2-12-8(13)7-11-6-5-10-4-3-9/h7,10H,2-6,9H2,1H3,(H,12,13). The minimum Gasteiger partial charge on any atom is -0.352 e. The van der Waals surface area contributed by atoms with Gasteiger partial charge < -0.3 is 16.4 Å². The van der Waals surface area contributed by atoms with Crippen LogP contribution in [0.3, 0.4) is 0 Å². The maximum absolute atomic E-state index is 10.8. The topological polar surface area (TPSA) is 79.5 Å². The molecule has 0 aromatic rings. The van der Waals surface area contributed by atoms with Gasteiger partial charge in [-0.2, -0.15) is 0 Å². The van der Waals surface area contributed by atoms with Crippen molar-refractivity contribution in [3.63, 3.8) is 0 Å². The Hall–Kier alpha value is -0.940. The number of rotatable bonds is 7. The van der Waals surface area contributed by atoms with Crippen LogP contribution in [0.1, 0.15) is 6.92 Å². The van der Waals surface area contributed by atoms with Crippen molar-refractivity contribution in [3.8, 4) is 0 Å². The van der Waals surface area contributed by atoms with Crippen LogP contribution in [0.15, 0.2) is 4.99 Å². The number of carbonyl (C=O) groups is 1. The molecule has 0 heterocycles. The molecule has 76 valence electrons. The van der Waals surface area contributed by atoms with Gasteiger partial charge in [0, 0.05) is 26.2 Å². The van der Waals surface area contributed by atoms with Crippen molar-refractivity contribution < 1.29 is 4.79 Å². The number of carbonyl (C=O) groups excluding carboxylic acids is 1. The summed E-state index contributed by atoms with van der Waals surface area (Å²) in [5, 5.41) is 5.69. The van der Waals surface area contributed by atoms with Crippen LogP contribution in [0.5, 0.6) is 0 Å². The largest absolute Gasteiger partial charge is 0.352 e. The van der Waals surface area contributed by atoms with Crippen LogP contribution in [-0.2, 0) is 4.79 Å². The fourth-order valence-electron chi connectivity index (χ4n) is 0.738. The van der Waals surface area contributed by atoms with Crippen LogP contribution >= 0.6 is 0 Å². The molecule has 0 aliphatic carbocycles. The molecule has 0 bridgehead atoms. The number of nitrogens with zero attached hydrogens (tertiary/aromatic N) is 1. The van der Waals surface area contributed by atoms with Crippen molar-refractivity contribution in [1.29, 1.82) is 0 Å². The summed E-state index contributed by atoms with van der Waals surface area (Å²) in [4.78, 5) is 14.8. The summed E-state index contributed by atoms with van der Waals surface area (Å²) in [7, 11) is 0. The highest BCUT2D eigenvalue weighted by atomic mass is 16.1. The monoisotopic (exact) mass is 186 g/mol.